The van der Waals surface area contributed by atoms with Crippen LogP contribution >= 0.6 is 0 Å². The smallest absolute Gasteiger partial charge is 0.249 e. The van der Waals surface area contributed by atoms with Crippen molar-refractivity contribution in [3.63, 3.8) is 0 Å². The summed E-state index contributed by atoms with van der Waals surface area (Å²) in [6, 6.07) is 1.83. The summed E-state index contributed by atoms with van der Waals surface area (Å²) < 4.78 is 7.68. The van der Waals surface area contributed by atoms with Gasteiger partial charge in [0.25, 0.3) is 0 Å². The summed E-state index contributed by atoms with van der Waals surface area (Å²) in [4.78, 5) is 27.8. The topological polar surface area (TPSA) is 89.9 Å². The zero-order valence-corrected chi connectivity index (χ0v) is 19.3. The third-order valence-corrected chi connectivity index (χ3v) is 5.65. The fourth-order valence-electron chi connectivity index (χ4n) is 3.88. The van der Waals surface area contributed by atoms with Crippen molar-refractivity contribution >= 4 is 16.9 Å². The molecule has 0 saturated carbocycles. The predicted octanol–water partition coefficient (Wildman–Crippen LogP) is 4.49. The number of nitrogens with zero attached hydrogens (tertiary/aromatic N) is 6. The molecule has 0 aromatic carbocycles. The Balaban J connectivity index is 1.51. The number of unbranched alkanes of at least 4 members (excludes halogenated alkanes) is 2. The van der Waals surface area contributed by atoms with Gasteiger partial charge in [0.15, 0.2) is 5.82 Å². The van der Waals surface area contributed by atoms with Crippen molar-refractivity contribution in [1.29, 1.82) is 0 Å². The minimum Gasteiger partial charge on any atom is -0.337 e. The second-order valence-corrected chi connectivity index (χ2v) is 8.54. The van der Waals surface area contributed by atoms with E-state index in [9.17, 15) is 4.79 Å². The number of imidazole rings is 1. The lowest BCUT2D eigenvalue weighted by Crippen LogP contribution is -2.32. The Kier molecular flexibility index (Phi) is 7.76. The van der Waals surface area contributed by atoms with E-state index in [0.29, 0.717) is 24.1 Å². The van der Waals surface area contributed by atoms with Crippen LogP contribution in [-0.4, -0.2) is 42.5 Å². The monoisotopic (exact) mass is 426 g/mol. The number of hydrogen-bond donors (Lipinski definition) is 0. The van der Waals surface area contributed by atoms with Crippen molar-refractivity contribution in [2.45, 2.75) is 78.8 Å². The number of hydrogen-bond acceptors (Lipinski definition) is 6. The molecule has 0 N–H and O–H groups in total. The molecule has 0 aliphatic heterocycles. The SMILES string of the molecule is CCc1noc(C(CC(C)C)N(C)C(=O)CCCCCn2c(C)nc3cnccc32)n1. The first-order valence-electron chi connectivity index (χ1n) is 11.3. The fraction of sp³-hybridized carbons (Fsp3) is 0.609. The molecule has 0 aliphatic rings. The van der Waals surface area contributed by atoms with Crippen molar-refractivity contribution in [3.8, 4) is 0 Å². The molecule has 0 fully saturated rings. The first kappa shape index (κ1) is 22.9. The second kappa shape index (κ2) is 10.5. The molecule has 31 heavy (non-hydrogen) atoms. The van der Waals surface area contributed by atoms with E-state index >= 15 is 0 Å². The highest BCUT2D eigenvalue weighted by Crippen LogP contribution is 2.26. The molecule has 0 bridgehead atoms. The minimum atomic E-state index is -0.172. The average molecular weight is 427 g/mol. The molecular formula is C23H34N6O2. The standard InChI is InChI=1S/C23H34N6O2/c1-6-21-26-23(31-27-21)20(14-16(2)3)28(5)22(30)10-8-7-9-13-29-17(4)25-18-15-24-12-11-19(18)29/h11-12,15-16,20H,6-10,13-14H2,1-5H3. The number of amides is 1. The number of carbonyl (C=O) groups is 1. The lowest BCUT2D eigenvalue weighted by atomic mass is 10.0. The van der Waals surface area contributed by atoms with E-state index in [1.807, 2.05) is 27.0 Å². The molecule has 1 unspecified atom stereocenters. The highest BCUT2D eigenvalue weighted by molar-refractivity contribution is 5.76. The lowest BCUT2D eigenvalue weighted by molar-refractivity contribution is -0.133. The Morgan fingerprint density at radius 3 is 2.74 bits per heavy atom. The van der Waals surface area contributed by atoms with Gasteiger partial charge in [-0.3, -0.25) is 9.78 Å². The number of fused-ring (bicyclic) bond motifs is 1. The molecule has 0 aliphatic carbocycles. The van der Waals surface area contributed by atoms with Gasteiger partial charge in [0.1, 0.15) is 17.4 Å². The average Bonchev–Trinajstić information content (AvgIpc) is 3.35. The third kappa shape index (κ3) is 5.68. The van der Waals surface area contributed by atoms with Crippen LogP contribution in [0.5, 0.6) is 0 Å². The van der Waals surface area contributed by atoms with Crippen LogP contribution < -0.4 is 0 Å². The van der Waals surface area contributed by atoms with Crippen LogP contribution in [0.3, 0.4) is 0 Å². The molecule has 3 aromatic rings. The molecule has 3 rings (SSSR count). The summed E-state index contributed by atoms with van der Waals surface area (Å²) in [5.74, 6) is 2.76. The van der Waals surface area contributed by atoms with Gasteiger partial charge in [0, 0.05) is 32.6 Å². The van der Waals surface area contributed by atoms with Crippen molar-refractivity contribution in [2.75, 3.05) is 7.05 Å². The first-order valence-corrected chi connectivity index (χ1v) is 11.3. The van der Waals surface area contributed by atoms with Crippen LogP contribution in [0.25, 0.3) is 11.0 Å². The fourth-order valence-corrected chi connectivity index (χ4v) is 3.88. The number of aryl methyl sites for hydroxylation is 3. The molecule has 8 heteroatoms. The quantitative estimate of drug-likeness (QED) is 0.420. The highest BCUT2D eigenvalue weighted by atomic mass is 16.5. The largest absolute Gasteiger partial charge is 0.337 e. The van der Waals surface area contributed by atoms with Crippen molar-refractivity contribution in [1.82, 2.24) is 29.6 Å². The number of carbonyl (C=O) groups excluding carboxylic acids is 1. The Hall–Kier alpha value is -2.77. The van der Waals surface area contributed by atoms with E-state index in [1.165, 1.54) is 0 Å². The first-order chi connectivity index (χ1) is 14.9. The third-order valence-electron chi connectivity index (χ3n) is 5.65. The summed E-state index contributed by atoms with van der Waals surface area (Å²) in [5.41, 5.74) is 2.05. The zero-order valence-electron chi connectivity index (χ0n) is 19.3. The molecule has 0 radical (unpaired) electrons. The van der Waals surface area contributed by atoms with Crippen LogP contribution in [0, 0.1) is 12.8 Å². The van der Waals surface area contributed by atoms with E-state index in [4.69, 9.17) is 4.52 Å². The number of aromatic nitrogens is 5. The van der Waals surface area contributed by atoms with E-state index in [2.05, 4.69) is 38.5 Å². The summed E-state index contributed by atoms with van der Waals surface area (Å²) >= 11 is 0. The predicted molar refractivity (Wildman–Crippen MR) is 119 cm³/mol. The van der Waals surface area contributed by atoms with Gasteiger partial charge in [-0.2, -0.15) is 4.98 Å². The second-order valence-electron chi connectivity index (χ2n) is 8.54. The molecule has 0 spiro atoms. The highest BCUT2D eigenvalue weighted by Gasteiger charge is 2.27. The van der Waals surface area contributed by atoms with Crippen LogP contribution in [0.4, 0.5) is 0 Å². The van der Waals surface area contributed by atoms with Gasteiger partial charge in [0.2, 0.25) is 11.8 Å². The van der Waals surface area contributed by atoms with Crippen LogP contribution in [0.2, 0.25) is 0 Å². The van der Waals surface area contributed by atoms with Gasteiger partial charge in [0.05, 0.1) is 11.7 Å². The Labute approximate surface area is 184 Å². The Morgan fingerprint density at radius 1 is 1.23 bits per heavy atom. The van der Waals surface area contributed by atoms with E-state index in [1.54, 1.807) is 17.3 Å². The van der Waals surface area contributed by atoms with Crippen molar-refractivity contribution in [3.05, 3.63) is 36.0 Å². The van der Waals surface area contributed by atoms with Crippen LogP contribution in [0.15, 0.2) is 23.0 Å². The summed E-state index contributed by atoms with van der Waals surface area (Å²) in [5, 5.41) is 4.01. The summed E-state index contributed by atoms with van der Waals surface area (Å²) in [6.07, 6.45) is 8.49. The molecule has 0 saturated heterocycles. The Morgan fingerprint density at radius 2 is 2.03 bits per heavy atom. The molecule has 1 atom stereocenters. The molecule has 1 amide bonds. The number of rotatable bonds is 11. The maximum absolute atomic E-state index is 12.9. The molecule has 3 aromatic heterocycles. The van der Waals surface area contributed by atoms with Gasteiger partial charge in [-0.1, -0.05) is 32.3 Å². The van der Waals surface area contributed by atoms with Crippen LogP contribution in [-0.2, 0) is 17.8 Å². The molecular weight excluding hydrogens is 392 g/mol. The normalized spacial score (nSPS) is 12.6. The van der Waals surface area contributed by atoms with Crippen molar-refractivity contribution in [2.24, 2.45) is 5.92 Å². The van der Waals surface area contributed by atoms with E-state index in [0.717, 1.165) is 55.5 Å². The Bertz CT molecular complexity index is 993. The maximum atomic E-state index is 12.9. The minimum absolute atomic E-state index is 0.122. The van der Waals surface area contributed by atoms with Gasteiger partial charge in [-0.25, -0.2) is 4.98 Å². The van der Waals surface area contributed by atoms with Gasteiger partial charge in [-0.05, 0) is 38.2 Å². The molecule has 168 valence electrons. The molecule has 3 heterocycles. The van der Waals surface area contributed by atoms with Gasteiger partial charge >= 0.3 is 0 Å². The van der Waals surface area contributed by atoms with E-state index in [-0.39, 0.29) is 11.9 Å². The summed E-state index contributed by atoms with van der Waals surface area (Å²) in [7, 11) is 1.85. The molecule has 8 nitrogen and oxygen atoms in total. The van der Waals surface area contributed by atoms with Crippen LogP contribution in [0.1, 0.15) is 76.5 Å². The van der Waals surface area contributed by atoms with E-state index < -0.39 is 0 Å². The lowest BCUT2D eigenvalue weighted by Gasteiger charge is -2.26. The zero-order chi connectivity index (χ0) is 22.4. The maximum Gasteiger partial charge on any atom is 0.249 e. The summed E-state index contributed by atoms with van der Waals surface area (Å²) in [6.45, 7) is 9.19. The van der Waals surface area contributed by atoms with Gasteiger partial charge < -0.3 is 14.0 Å². The number of pyridine rings is 1. The van der Waals surface area contributed by atoms with Gasteiger partial charge in [-0.15, -0.1) is 0 Å². The van der Waals surface area contributed by atoms with Crippen molar-refractivity contribution < 1.29 is 9.32 Å².